The van der Waals surface area contributed by atoms with Crippen LogP contribution in [0.1, 0.15) is 140 Å². The molecule has 0 saturated carbocycles. The molecule has 0 atom stereocenters. The second kappa shape index (κ2) is 24.6. The molecule has 0 aliphatic rings. The van der Waals surface area contributed by atoms with Crippen molar-refractivity contribution in [2.75, 3.05) is 0 Å². The number of hydrogen-bond donors (Lipinski definition) is 0. The Kier molecular flexibility index (Phi) is 20.3. The van der Waals surface area contributed by atoms with Crippen LogP contribution in [-0.2, 0) is 4.79 Å². The molecule has 5 heteroatoms. The summed E-state index contributed by atoms with van der Waals surface area (Å²) >= 11 is 0. The largest absolute Gasteiger partial charge is 0.427 e. The van der Waals surface area contributed by atoms with Gasteiger partial charge in [0.1, 0.15) is 5.75 Å². The minimum Gasteiger partial charge on any atom is -0.427 e. The standard InChI is InChI=1S/C39H51NO4/c1-2-3-4-5-6-7-8-9-10-11-12-13-14-15-16-17-18-19-20-21-22-23-24-39(41)44-38-33-29-36(30-34-38)26-25-35-27-31-37(32-28-35)40(42)43/h25-34H,2-12,17-24H2,1H3/b26-25+. The molecule has 0 aromatic heterocycles. The van der Waals surface area contributed by atoms with Crippen LogP contribution in [-0.4, -0.2) is 10.9 Å². The zero-order chi connectivity index (χ0) is 31.5. The molecule has 0 unspecified atom stereocenters. The molecule has 0 aliphatic heterocycles. The highest BCUT2D eigenvalue weighted by Crippen LogP contribution is 2.18. The predicted molar refractivity (Wildman–Crippen MR) is 183 cm³/mol. The van der Waals surface area contributed by atoms with Gasteiger partial charge in [0.2, 0.25) is 0 Å². The third kappa shape index (κ3) is 18.7. The third-order valence-electron chi connectivity index (χ3n) is 7.51. The van der Waals surface area contributed by atoms with Gasteiger partial charge in [0.15, 0.2) is 0 Å². The second-order valence-corrected chi connectivity index (χ2v) is 11.4. The van der Waals surface area contributed by atoms with Crippen molar-refractivity contribution in [2.24, 2.45) is 0 Å². The average molecular weight is 598 g/mol. The third-order valence-corrected chi connectivity index (χ3v) is 7.51. The fourth-order valence-electron chi connectivity index (χ4n) is 4.83. The fourth-order valence-corrected chi connectivity index (χ4v) is 4.83. The Bertz CT molecular complexity index is 1220. The molecular weight excluding hydrogens is 546 g/mol. The number of unbranched alkanes of at least 4 members (excludes halogenated alkanes) is 16. The first kappa shape index (κ1) is 36.4. The summed E-state index contributed by atoms with van der Waals surface area (Å²) in [5, 5.41) is 10.8. The van der Waals surface area contributed by atoms with Crippen molar-refractivity contribution in [3.05, 3.63) is 69.8 Å². The van der Waals surface area contributed by atoms with Gasteiger partial charge in [0.05, 0.1) is 4.92 Å². The Hall–Kier alpha value is -3.83. The topological polar surface area (TPSA) is 69.4 Å². The van der Waals surface area contributed by atoms with E-state index in [1.54, 1.807) is 24.3 Å². The Morgan fingerprint density at radius 1 is 0.659 bits per heavy atom. The maximum atomic E-state index is 12.2. The number of nitro benzene ring substituents is 1. The van der Waals surface area contributed by atoms with Crippen molar-refractivity contribution in [1.82, 2.24) is 0 Å². The van der Waals surface area contributed by atoms with Gasteiger partial charge in [-0.2, -0.15) is 0 Å². The maximum Gasteiger partial charge on any atom is 0.311 e. The number of benzene rings is 2. The van der Waals surface area contributed by atoms with E-state index in [0.29, 0.717) is 12.2 Å². The van der Waals surface area contributed by atoms with Gasteiger partial charge in [-0.15, -0.1) is 0 Å². The number of non-ortho nitro benzene ring substituents is 1. The lowest BCUT2D eigenvalue weighted by Gasteiger charge is -2.05. The lowest BCUT2D eigenvalue weighted by Crippen LogP contribution is -2.07. The molecule has 0 N–H and O–H groups in total. The van der Waals surface area contributed by atoms with Gasteiger partial charge in [-0.3, -0.25) is 14.9 Å². The zero-order valence-electron chi connectivity index (χ0n) is 26.8. The van der Waals surface area contributed by atoms with E-state index < -0.39 is 4.92 Å². The number of carbonyl (C=O) groups excluding carboxylic acids is 1. The molecule has 44 heavy (non-hydrogen) atoms. The van der Waals surface area contributed by atoms with Gasteiger partial charge < -0.3 is 4.74 Å². The van der Waals surface area contributed by atoms with Gasteiger partial charge >= 0.3 is 5.97 Å². The van der Waals surface area contributed by atoms with Crippen LogP contribution in [0.4, 0.5) is 5.69 Å². The number of esters is 1. The SMILES string of the molecule is CCCCCCCCCCCCC#CC#CCCCCCCCCC(=O)Oc1ccc(/C=C/c2ccc([N+](=O)[O-])cc2)cc1. The first-order chi connectivity index (χ1) is 21.6. The van der Waals surface area contributed by atoms with Gasteiger partial charge in [0.25, 0.3) is 5.69 Å². The van der Waals surface area contributed by atoms with E-state index in [1.165, 1.54) is 76.3 Å². The second-order valence-electron chi connectivity index (χ2n) is 11.4. The zero-order valence-corrected chi connectivity index (χ0v) is 26.8. The molecule has 0 bridgehead atoms. The van der Waals surface area contributed by atoms with Crippen LogP contribution in [0, 0.1) is 33.8 Å². The molecule has 2 aromatic rings. The Morgan fingerprint density at radius 3 is 1.57 bits per heavy atom. The summed E-state index contributed by atoms with van der Waals surface area (Å²) in [5.41, 5.74) is 1.89. The highest BCUT2D eigenvalue weighted by atomic mass is 16.6. The predicted octanol–water partition coefficient (Wildman–Crippen LogP) is 11.1. The number of carbonyl (C=O) groups is 1. The molecule has 0 aliphatic carbocycles. The Morgan fingerprint density at radius 2 is 1.09 bits per heavy atom. The van der Waals surface area contributed by atoms with Crippen LogP contribution in [0.5, 0.6) is 5.75 Å². The summed E-state index contributed by atoms with van der Waals surface area (Å²) in [5.74, 6) is 12.7. The summed E-state index contributed by atoms with van der Waals surface area (Å²) in [6, 6.07) is 13.7. The summed E-state index contributed by atoms with van der Waals surface area (Å²) in [6.07, 6.45) is 26.0. The summed E-state index contributed by atoms with van der Waals surface area (Å²) in [4.78, 5) is 22.5. The molecule has 5 nitrogen and oxygen atoms in total. The van der Waals surface area contributed by atoms with E-state index in [-0.39, 0.29) is 11.7 Å². The summed E-state index contributed by atoms with van der Waals surface area (Å²) in [7, 11) is 0. The number of rotatable bonds is 22. The van der Waals surface area contributed by atoms with Crippen molar-refractivity contribution in [3.63, 3.8) is 0 Å². The van der Waals surface area contributed by atoms with E-state index in [9.17, 15) is 14.9 Å². The first-order valence-electron chi connectivity index (χ1n) is 16.8. The fraction of sp³-hybridized carbons (Fsp3) is 0.513. The Balaban J connectivity index is 1.42. The first-order valence-corrected chi connectivity index (χ1v) is 16.8. The summed E-state index contributed by atoms with van der Waals surface area (Å²) in [6.45, 7) is 2.27. The van der Waals surface area contributed by atoms with Gasteiger partial charge in [-0.1, -0.05) is 127 Å². The van der Waals surface area contributed by atoms with Crippen LogP contribution in [0.15, 0.2) is 48.5 Å². The average Bonchev–Trinajstić information content (AvgIpc) is 3.03. The van der Waals surface area contributed by atoms with Gasteiger partial charge in [0, 0.05) is 31.4 Å². The van der Waals surface area contributed by atoms with Crippen molar-refractivity contribution in [3.8, 4) is 29.4 Å². The molecule has 2 aromatic carbocycles. The lowest BCUT2D eigenvalue weighted by atomic mass is 10.1. The van der Waals surface area contributed by atoms with Crippen molar-refractivity contribution >= 4 is 23.8 Å². The van der Waals surface area contributed by atoms with E-state index >= 15 is 0 Å². The molecule has 2 rings (SSSR count). The van der Waals surface area contributed by atoms with Crippen LogP contribution in [0.2, 0.25) is 0 Å². The van der Waals surface area contributed by atoms with Crippen LogP contribution in [0.25, 0.3) is 12.2 Å². The molecule has 0 spiro atoms. The quantitative estimate of drug-likeness (QED) is 0.0257. The van der Waals surface area contributed by atoms with E-state index in [2.05, 4.69) is 30.6 Å². The molecule has 0 saturated heterocycles. The van der Waals surface area contributed by atoms with Crippen LogP contribution >= 0.6 is 0 Å². The van der Waals surface area contributed by atoms with Gasteiger partial charge in [-0.25, -0.2) is 0 Å². The van der Waals surface area contributed by atoms with Crippen LogP contribution < -0.4 is 4.74 Å². The van der Waals surface area contributed by atoms with Crippen molar-refractivity contribution < 1.29 is 14.5 Å². The van der Waals surface area contributed by atoms with Gasteiger partial charge in [-0.05, 0) is 66.5 Å². The maximum absolute atomic E-state index is 12.2. The van der Waals surface area contributed by atoms with Crippen molar-refractivity contribution in [2.45, 2.75) is 129 Å². The van der Waals surface area contributed by atoms with E-state index in [4.69, 9.17) is 4.74 Å². The monoisotopic (exact) mass is 597 g/mol. The number of hydrogen-bond acceptors (Lipinski definition) is 4. The Labute approximate surface area is 266 Å². The smallest absolute Gasteiger partial charge is 0.311 e. The number of ether oxygens (including phenoxy) is 1. The molecule has 236 valence electrons. The van der Waals surface area contributed by atoms with Crippen LogP contribution in [0.3, 0.4) is 0 Å². The summed E-state index contributed by atoms with van der Waals surface area (Å²) < 4.78 is 5.46. The highest BCUT2D eigenvalue weighted by Gasteiger charge is 2.05. The lowest BCUT2D eigenvalue weighted by molar-refractivity contribution is -0.384. The molecule has 0 fully saturated rings. The molecule has 0 heterocycles. The normalized spacial score (nSPS) is 10.6. The molecule has 0 amide bonds. The van der Waals surface area contributed by atoms with E-state index in [1.807, 2.05) is 24.3 Å². The molecule has 0 radical (unpaired) electrons. The number of nitro groups is 1. The highest BCUT2D eigenvalue weighted by molar-refractivity contribution is 5.73. The number of nitrogens with zero attached hydrogens (tertiary/aromatic N) is 1. The van der Waals surface area contributed by atoms with Crippen molar-refractivity contribution in [1.29, 1.82) is 0 Å². The minimum atomic E-state index is -0.413. The minimum absolute atomic E-state index is 0.0699. The van der Waals surface area contributed by atoms with E-state index in [0.717, 1.165) is 62.5 Å². The molecular formula is C39H51NO4.